The zero-order valence-electron chi connectivity index (χ0n) is 13.0. The van der Waals surface area contributed by atoms with Gasteiger partial charge in [-0.3, -0.25) is 4.79 Å². The topological polar surface area (TPSA) is 55.6 Å². The van der Waals surface area contributed by atoms with Crippen LogP contribution in [0.5, 0.6) is 5.75 Å². The Morgan fingerprint density at radius 2 is 2.14 bits per heavy atom. The highest BCUT2D eigenvalue weighted by atomic mass is 16.5. The van der Waals surface area contributed by atoms with Crippen molar-refractivity contribution in [2.45, 2.75) is 32.1 Å². The Morgan fingerprint density at radius 3 is 2.76 bits per heavy atom. The average Bonchev–Trinajstić information content (AvgIpc) is 2.47. The fourth-order valence-electron chi connectivity index (χ4n) is 3.19. The Labute approximate surface area is 127 Å². The molecule has 21 heavy (non-hydrogen) atoms. The summed E-state index contributed by atoms with van der Waals surface area (Å²) in [7, 11) is 1.69. The van der Waals surface area contributed by atoms with Crippen LogP contribution in [-0.2, 0) is 4.79 Å². The molecule has 2 rings (SSSR count). The third-order valence-corrected chi connectivity index (χ3v) is 4.31. The van der Waals surface area contributed by atoms with Gasteiger partial charge in [0.1, 0.15) is 5.75 Å². The minimum atomic E-state index is -0.176. The number of ether oxygens (including phenoxy) is 1. The molecule has 1 aromatic carbocycles. The summed E-state index contributed by atoms with van der Waals surface area (Å²) in [6.07, 6.45) is 2.80. The number of hydrogen-bond donors (Lipinski definition) is 1. The maximum Gasteiger partial charge on any atom is 0.217 e. The van der Waals surface area contributed by atoms with Crippen LogP contribution in [0.3, 0.4) is 0 Å². The van der Waals surface area contributed by atoms with Crippen molar-refractivity contribution in [2.24, 2.45) is 11.7 Å². The molecule has 2 unspecified atom stereocenters. The number of hydrogen-bond acceptors (Lipinski definition) is 3. The summed E-state index contributed by atoms with van der Waals surface area (Å²) in [6.45, 7) is 5.39. The Bertz CT molecular complexity index is 458. The molecule has 116 valence electrons. The quantitative estimate of drug-likeness (QED) is 0.875. The molecule has 2 atom stereocenters. The number of primary amides is 1. The zero-order chi connectivity index (χ0) is 15.2. The Hall–Kier alpha value is -1.55. The van der Waals surface area contributed by atoms with E-state index in [1.807, 2.05) is 12.1 Å². The van der Waals surface area contributed by atoms with E-state index in [0.29, 0.717) is 18.3 Å². The number of nitrogens with two attached hydrogens (primary N) is 1. The Kier molecular flexibility index (Phi) is 5.62. The van der Waals surface area contributed by atoms with Gasteiger partial charge >= 0.3 is 0 Å². The first-order valence-corrected chi connectivity index (χ1v) is 7.73. The van der Waals surface area contributed by atoms with Crippen molar-refractivity contribution in [2.75, 3.05) is 26.7 Å². The third kappa shape index (κ3) is 4.74. The van der Waals surface area contributed by atoms with Crippen LogP contribution in [0.1, 0.15) is 37.7 Å². The molecule has 1 heterocycles. The molecule has 4 heteroatoms. The SMILES string of the molecule is COc1ccc(C(C)CN2CCCC(CC(N)=O)C2)cc1. The Morgan fingerprint density at radius 1 is 1.43 bits per heavy atom. The second kappa shape index (κ2) is 7.46. The molecule has 1 amide bonds. The number of benzene rings is 1. The first-order chi connectivity index (χ1) is 10.1. The molecule has 1 aliphatic heterocycles. The summed E-state index contributed by atoms with van der Waals surface area (Å²) in [5.41, 5.74) is 6.65. The van der Waals surface area contributed by atoms with Crippen molar-refractivity contribution in [1.82, 2.24) is 4.90 Å². The molecule has 0 bridgehead atoms. The molecule has 0 aromatic heterocycles. The number of likely N-dealkylation sites (tertiary alicyclic amines) is 1. The van der Waals surface area contributed by atoms with E-state index in [4.69, 9.17) is 10.5 Å². The smallest absolute Gasteiger partial charge is 0.217 e. The first-order valence-electron chi connectivity index (χ1n) is 7.73. The van der Waals surface area contributed by atoms with Crippen molar-refractivity contribution >= 4 is 5.91 Å². The van der Waals surface area contributed by atoms with E-state index in [1.165, 1.54) is 5.56 Å². The van der Waals surface area contributed by atoms with E-state index in [1.54, 1.807) is 7.11 Å². The fraction of sp³-hybridized carbons (Fsp3) is 0.588. The molecule has 0 spiro atoms. The molecule has 1 aromatic rings. The second-order valence-electron chi connectivity index (χ2n) is 6.11. The summed E-state index contributed by atoms with van der Waals surface area (Å²) in [6, 6.07) is 8.29. The van der Waals surface area contributed by atoms with Crippen LogP contribution in [0.25, 0.3) is 0 Å². The van der Waals surface area contributed by atoms with Gasteiger partial charge in [-0.05, 0) is 48.9 Å². The van der Waals surface area contributed by atoms with Crippen LogP contribution < -0.4 is 10.5 Å². The van der Waals surface area contributed by atoms with Gasteiger partial charge in [0.2, 0.25) is 5.91 Å². The van der Waals surface area contributed by atoms with E-state index in [2.05, 4.69) is 24.0 Å². The summed E-state index contributed by atoms with van der Waals surface area (Å²) in [5.74, 6) is 1.62. The van der Waals surface area contributed by atoms with Crippen LogP contribution in [0.4, 0.5) is 0 Å². The van der Waals surface area contributed by atoms with Gasteiger partial charge in [0.05, 0.1) is 7.11 Å². The molecule has 0 aliphatic carbocycles. The maximum atomic E-state index is 11.1. The normalized spacial score (nSPS) is 21.0. The molecule has 2 N–H and O–H groups in total. The van der Waals surface area contributed by atoms with Gasteiger partial charge in [0.25, 0.3) is 0 Å². The number of piperidine rings is 1. The van der Waals surface area contributed by atoms with Crippen molar-refractivity contribution in [3.05, 3.63) is 29.8 Å². The van der Waals surface area contributed by atoms with E-state index >= 15 is 0 Å². The number of amides is 1. The molecular formula is C17H26N2O2. The fourth-order valence-corrected chi connectivity index (χ4v) is 3.19. The van der Waals surface area contributed by atoms with Crippen LogP contribution in [0, 0.1) is 5.92 Å². The lowest BCUT2D eigenvalue weighted by Gasteiger charge is -2.34. The third-order valence-electron chi connectivity index (χ3n) is 4.31. The van der Waals surface area contributed by atoms with Gasteiger partial charge in [-0.1, -0.05) is 19.1 Å². The van der Waals surface area contributed by atoms with Gasteiger partial charge in [-0.25, -0.2) is 0 Å². The van der Waals surface area contributed by atoms with Crippen LogP contribution in [0.2, 0.25) is 0 Å². The highest BCUT2D eigenvalue weighted by Gasteiger charge is 2.22. The molecular weight excluding hydrogens is 264 g/mol. The van der Waals surface area contributed by atoms with Crippen LogP contribution >= 0.6 is 0 Å². The van der Waals surface area contributed by atoms with E-state index < -0.39 is 0 Å². The first kappa shape index (κ1) is 15.8. The van der Waals surface area contributed by atoms with Crippen LogP contribution in [-0.4, -0.2) is 37.6 Å². The molecule has 0 saturated carbocycles. The predicted molar refractivity (Wildman–Crippen MR) is 84.4 cm³/mol. The minimum Gasteiger partial charge on any atom is -0.497 e. The molecule has 0 radical (unpaired) electrons. The van der Waals surface area contributed by atoms with E-state index in [9.17, 15) is 4.79 Å². The molecule has 1 fully saturated rings. The summed E-state index contributed by atoms with van der Waals surface area (Å²) in [4.78, 5) is 13.5. The second-order valence-corrected chi connectivity index (χ2v) is 6.11. The number of carbonyl (C=O) groups is 1. The van der Waals surface area contributed by atoms with Gasteiger partial charge < -0.3 is 15.4 Å². The summed E-state index contributed by atoms with van der Waals surface area (Å²) < 4.78 is 5.20. The number of rotatable bonds is 6. The largest absolute Gasteiger partial charge is 0.497 e. The molecule has 1 aliphatic rings. The summed E-state index contributed by atoms with van der Waals surface area (Å²) >= 11 is 0. The number of methoxy groups -OCH3 is 1. The molecule has 4 nitrogen and oxygen atoms in total. The minimum absolute atomic E-state index is 0.176. The van der Waals surface area contributed by atoms with E-state index in [0.717, 1.165) is 38.2 Å². The number of carbonyl (C=O) groups excluding carboxylic acids is 1. The van der Waals surface area contributed by atoms with Crippen molar-refractivity contribution in [1.29, 1.82) is 0 Å². The van der Waals surface area contributed by atoms with Crippen molar-refractivity contribution in [3.63, 3.8) is 0 Å². The van der Waals surface area contributed by atoms with Crippen LogP contribution in [0.15, 0.2) is 24.3 Å². The standard InChI is InChI=1S/C17H26N2O2/c1-13(15-5-7-16(21-2)8-6-15)11-19-9-3-4-14(12-19)10-17(18)20/h5-8,13-14H,3-4,9-12H2,1-2H3,(H2,18,20). The lowest BCUT2D eigenvalue weighted by molar-refractivity contribution is -0.119. The zero-order valence-corrected chi connectivity index (χ0v) is 13.0. The monoisotopic (exact) mass is 290 g/mol. The van der Waals surface area contributed by atoms with Gasteiger partial charge in [-0.2, -0.15) is 0 Å². The van der Waals surface area contributed by atoms with Crippen molar-refractivity contribution in [3.8, 4) is 5.75 Å². The summed E-state index contributed by atoms with van der Waals surface area (Å²) in [5, 5.41) is 0. The lowest BCUT2D eigenvalue weighted by Crippen LogP contribution is -2.38. The average molecular weight is 290 g/mol. The molecule has 1 saturated heterocycles. The lowest BCUT2D eigenvalue weighted by atomic mass is 9.93. The highest BCUT2D eigenvalue weighted by Crippen LogP contribution is 2.24. The number of nitrogens with zero attached hydrogens (tertiary/aromatic N) is 1. The maximum absolute atomic E-state index is 11.1. The van der Waals surface area contributed by atoms with Crippen molar-refractivity contribution < 1.29 is 9.53 Å². The predicted octanol–water partition coefficient (Wildman–Crippen LogP) is 2.39. The highest BCUT2D eigenvalue weighted by molar-refractivity contribution is 5.74. The Balaban J connectivity index is 1.88. The van der Waals surface area contributed by atoms with Gasteiger partial charge in [-0.15, -0.1) is 0 Å². The van der Waals surface area contributed by atoms with E-state index in [-0.39, 0.29) is 5.91 Å². The van der Waals surface area contributed by atoms with Gasteiger partial charge in [0, 0.05) is 19.5 Å². The van der Waals surface area contributed by atoms with Gasteiger partial charge in [0.15, 0.2) is 0 Å².